The highest BCUT2D eigenvalue weighted by Gasteiger charge is 2.24. The van der Waals surface area contributed by atoms with Crippen molar-refractivity contribution in [2.24, 2.45) is 5.92 Å². The molecule has 1 heterocycles. The first-order valence-electron chi connectivity index (χ1n) is 4.61. The van der Waals surface area contributed by atoms with Crippen molar-refractivity contribution < 1.29 is 4.79 Å². The second kappa shape index (κ2) is 5.11. The number of alkyl halides is 1. The van der Waals surface area contributed by atoms with Crippen molar-refractivity contribution in [1.29, 1.82) is 0 Å². The average molecular weight is 222 g/mol. The number of carbonyl (C=O) groups excluding carboxylic acids is 1. The summed E-state index contributed by atoms with van der Waals surface area (Å²) in [6.45, 7) is 5.82. The molecule has 0 aromatic heterocycles. The summed E-state index contributed by atoms with van der Waals surface area (Å²) in [5, 5.41) is 0.570. The van der Waals surface area contributed by atoms with E-state index in [1.807, 2.05) is 23.6 Å². The van der Waals surface area contributed by atoms with E-state index in [0.717, 1.165) is 18.8 Å². The smallest absolute Gasteiger partial charge is 0.226 e. The minimum atomic E-state index is -0.0306. The van der Waals surface area contributed by atoms with Gasteiger partial charge in [-0.3, -0.25) is 4.79 Å². The van der Waals surface area contributed by atoms with Crippen LogP contribution in [0.15, 0.2) is 0 Å². The molecular weight excluding hydrogens is 206 g/mol. The number of carbonyl (C=O) groups is 1. The maximum Gasteiger partial charge on any atom is 0.226 e. The minimum Gasteiger partial charge on any atom is -0.341 e. The van der Waals surface area contributed by atoms with Gasteiger partial charge in [0.25, 0.3) is 0 Å². The predicted molar refractivity (Wildman–Crippen MR) is 58.4 cm³/mol. The van der Waals surface area contributed by atoms with Gasteiger partial charge in [-0.15, -0.1) is 11.6 Å². The van der Waals surface area contributed by atoms with E-state index in [9.17, 15) is 4.79 Å². The first-order chi connectivity index (χ1) is 6.15. The molecule has 0 aliphatic carbocycles. The van der Waals surface area contributed by atoms with Gasteiger partial charge in [-0.25, -0.2) is 0 Å². The molecule has 4 heteroatoms. The molecule has 1 saturated heterocycles. The Bertz CT molecular complexity index is 188. The molecule has 1 rings (SSSR count). The molecule has 1 fully saturated rings. The molecule has 2 atom stereocenters. The Morgan fingerprint density at radius 3 is 3.00 bits per heavy atom. The SMILES string of the molecule is CC1CN(C(=O)C(C)CCl)CCS1. The number of amides is 1. The molecule has 0 radical (unpaired) electrons. The third-order valence-electron chi connectivity index (χ3n) is 2.21. The van der Waals surface area contributed by atoms with E-state index in [2.05, 4.69) is 6.92 Å². The zero-order valence-electron chi connectivity index (χ0n) is 8.12. The number of nitrogens with zero attached hydrogens (tertiary/aromatic N) is 1. The monoisotopic (exact) mass is 221 g/mol. The molecule has 0 saturated carbocycles. The van der Waals surface area contributed by atoms with Crippen LogP contribution < -0.4 is 0 Å². The standard InChI is InChI=1S/C9H16ClNOS/c1-7(5-10)9(12)11-3-4-13-8(2)6-11/h7-8H,3-6H2,1-2H3. The topological polar surface area (TPSA) is 20.3 Å². The molecule has 1 aliphatic heterocycles. The fraction of sp³-hybridized carbons (Fsp3) is 0.889. The lowest BCUT2D eigenvalue weighted by Gasteiger charge is -2.32. The number of halogens is 1. The fourth-order valence-corrected chi connectivity index (χ4v) is 2.54. The van der Waals surface area contributed by atoms with Crippen LogP contribution >= 0.6 is 23.4 Å². The molecule has 1 aliphatic rings. The molecular formula is C9H16ClNOS. The zero-order valence-corrected chi connectivity index (χ0v) is 9.70. The van der Waals surface area contributed by atoms with Crippen LogP contribution in [0.25, 0.3) is 0 Å². The molecule has 2 nitrogen and oxygen atoms in total. The summed E-state index contributed by atoms with van der Waals surface area (Å²) in [7, 11) is 0. The number of rotatable bonds is 2. The summed E-state index contributed by atoms with van der Waals surface area (Å²) in [6, 6.07) is 0. The Morgan fingerprint density at radius 1 is 1.77 bits per heavy atom. The Morgan fingerprint density at radius 2 is 2.46 bits per heavy atom. The third-order valence-corrected chi connectivity index (χ3v) is 3.81. The van der Waals surface area contributed by atoms with Gasteiger partial charge in [-0.05, 0) is 0 Å². The molecule has 13 heavy (non-hydrogen) atoms. The fourth-order valence-electron chi connectivity index (χ4n) is 1.40. The Balaban J connectivity index is 2.46. The van der Waals surface area contributed by atoms with Crippen molar-refractivity contribution in [3.05, 3.63) is 0 Å². The van der Waals surface area contributed by atoms with Gasteiger partial charge in [0.05, 0.1) is 0 Å². The maximum atomic E-state index is 11.7. The van der Waals surface area contributed by atoms with E-state index >= 15 is 0 Å². The zero-order chi connectivity index (χ0) is 9.84. The first kappa shape index (κ1) is 11.2. The van der Waals surface area contributed by atoms with Gasteiger partial charge < -0.3 is 4.90 Å². The van der Waals surface area contributed by atoms with Gasteiger partial charge in [0.2, 0.25) is 5.91 Å². The number of thioether (sulfide) groups is 1. The second-order valence-electron chi connectivity index (χ2n) is 3.52. The van der Waals surface area contributed by atoms with Crippen LogP contribution in [0.3, 0.4) is 0 Å². The normalized spacial score (nSPS) is 25.8. The molecule has 0 aromatic rings. The van der Waals surface area contributed by atoms with E-state index in [4.69, 9.17) is 11.6 Å². The molecule has 1 amide bonds. The van der Waals surface area contributed by atoms with Crippen LogP contribution in [0.4, 0.5) is 0 Å². The molecule has 0 spiro atoms. The van der Waals surface area contributed by atoms with Crippen molar-refractivity contribution >= 4 is 29.3 Å². The molecule has 0 aromatic carbocycles. The van der Waals surface area contributed by atoms with Crippen LogP contribution in [0.2, 0.25) is 0 Å². The highest BCUT2D eigenvalue weighted by Crippen LogP contribution is 2.19. The number of hydrogen-bond acceptors (Lipinski definition) is 2. The predicted octanol–water partition coefficient (Wildman–Crippen LogP) is 1.83. The minimum absolute atomic E-state index is 0.0306. The van der Waals surface area contributed by atoms with E-state index in [1.165, 1.54) is 0 Å². The van der Waals surface area contributed by atoms with E-state index < -0.39 is 0 Å². The third kappa shape index (κ3) is 3.06. The molecule has 0 N–H and O–H groups in total. The lowest BCUT2D eigenvalue weighted by Crippen LogP contribution is -2.43. The van der Waals surface area contributed by atoms with Crippen molar-refractivity contribution in [2.75, 3.05) is 24.7 Å². The van der Waals surface area contributed by atoms with Crippen LogP contribution in [-0.2, 0) is 4.79 Å². The van der Waals surface area contributed by atoms with Crippen molar-refractivity contribution in [3.8, 4) is 0 Å². The van der Waals surface area contributed by atoms with Gasteiger partial charge in [0, 0.05) is 35.9 Å². The van der Waals surface area contributed by atoms with E-state index in [0.29, 0.717) is 11.1 Å². The summed E-state index contributed by atoms with van der Waals surface area (Å²) in [6.07, 6.45) is 0. The average Bonchev–Trinajstić information content (AvgIpc) is 2.15. The summed E-state index contributed by atoms with van der Waals surface area (Å²) >= 11 is 7.58. The highest BCUT2D eigenvalue weighted by molar-refractivity contribution is 7.99. The maximum absolute atomic E-state index is 11.7. The van der Waals surface area contributed by atoms with Crippen LogP contribution in [0, 0.1) is 5.92 Å². The van der Waals surface area contributed by atoms with Gasteiger partial charge in [0.15, 0.2) is 0 Å². The lowest BCUT2D eigenvalue weighted by atomic mass is 10.2. The largest absolute Gasteiger partial charge is 0.341 e. The van der Waals surface area contributed by atoms with Crippen LogP contribution in [-0.4, -0.2) is 40.8 Å². The van der Waals surface area contributed by atoms with Crippen LogP contribution in [0.5, 0.6) is 0 Å². The van der Waals surface area contributed by atoms with E-state index in [-0.39, 0.29) is 11.8 Å². The van der Waals surface area contributed by atoms with Crippen molar-refractivity contribution in [1.82, 2.24) is 4.90 Å². The lowest BCUT2D eigenvalue weighted by molar-refractivity contribution is -0.134. The molecule has 76 valence electrons. The molecule has 2 unspecified atom stereocenters. The Labute approximate surface area is 89.0 Å². The van der Waals surface area contributed by atoms with Crippen molar-refractivity contribution in [3.63, 3.8) is 0 Å². The van der Waals surface area contributed by atoms with Gasteiger partial charge >= 0.3 is 0 Å². The second-order valence-corrected chi connectivity index (χ2v) is 5.38. The van der Waals surface area contributed by atoms with Gasteiger partial charge in [-0.1, -0.05) is 13.8 Å². The summed E-state index contributed by atoms with van der Waals surface area (Å²) in [5.74, 6) is 1.66. The molecule has 0 bridgehead atoms. The van der Waals surface area contributed by atoms with Crippen LogP contribution in [0.1, 0.15) is 13.8 Å². The quantitative estimate of drug-likeness (QED) is 0.664. The Hall–Kier alpha value is 0.110. The van der Waals surface area contributed by atoms with Crippen molar-refractivity contribution in [2.45, 2.75) is 19.1 Å². The summed E-state index contributed by atoms with van der Waals surface area (Å²) in [5.41, 5.74) is 0. The van der Waals surface area contributed by atoms with Gasteiger partial charge in [-0.2, -0.15) is 11.8 Å². The summed E-state index contributed by atoms with van der Waals surface area (Å²) in [4.78, 5) is 13.6. The first-order valence-corrected chi connectivity index (χ1v) is 6.19. The Kier molecular flexibility index (Phi) is 4.39. The highest BCUT2D eigenvalue weighted by atomic mass is 35.5. The number of hydrogen-bond donors (Lipinski definition) is 0. The summed E-state index contributed by atoms with van der Waals surface area (Å²) < 4.78 is 0. The van der Waals surface area contributed by atoms with Gasteiger partial charge in [0.1, 0.15) is 0 Å². The van der Waals surface area contributed by atoms with E-state index in [1.54, 1.807) is 0 Å².